The zero-order valence-corrected chi connectivity index (χ0v) is 17.1. The molecule has 3 aromatic rings. The summed E-state index contributed by atoms with van der Waals surface area (Å²) in [5.74, 6) is -0.369. The van der Waals surface area contributed by atoms with Crippen molar-refractivity contribution in [3.63, 3.8) is 0 Å². The highest BCUT2D eigenvalue weighted by molar-refractivity contribution is 6.02. The number of para-hydroxylation sites is 2. The van der Waals surface area contributed by atoms with Crippen molar-refractivity contribution >= 4 is 11.9 Å². The van der Waals surface area contributed by atoms with Crippen molar-refractivity contribution in [2.45, 2.75) is 32.6 Å². The Morgan fingerprint density at radius 1 is 0.700 bits per heavy atom. The topological polar surface area (TPSA) is 52.6 Å². The van der Waals surface area contributed by atoms with E-state index in [4.69, 9.17) is 9.47 Å². The molecule has 3 aromatic carbocycles. The lowest BCUT2D eigenvalue weighted by Crippen LogP contribution is -2.46. The Morgan fingerprint density at radius 3 is 1.57 bits per heavy atom. The van der Waals surface area contributed by atoms with E-state index in [0.29, 0.717) is 24.3 Å². The van der Waals surface area contributed by atoms with Crippen molar-refractivity contribution in [1.82, 2.24) is 0 Å². The maximum Gasteiger partial charge on any atom is 0.329 e. The highest BCUT2D eigenvalue weighted by Gasteiger charge is 2.49. The van der Waals surface area contributed by atoms with Gasteiger partial charge in [0, 0.05) is 0 Å². The van der Waals surface area contributed by atoms with Crippen molar-refractivity contribution in [1.29, 1.82) is 0 Å². The highest BCUT2D eigenvalue weighted by Crippen LogP contribution is 2.34. The van der Waals surface area contributed by atoms with Crippen LogP contribution in [0.3, 0.4) is 0 Å². The lowest BCUT2D eigenvalue weighted by Gasteiger charge is -2.29. The number of rotatable bonds is 9. The van der Waals surface area contributed by atoms with Crippen LogP contribution < -0.4 is 9.47 Å². The first-order valence-corrected chi connectivity index (χ1v) is 10.2. The first-order valence-electron chi connectivity index (χ1n) is 10.2. The summed E-state index contributed by atoms with van der Waals surface area (Å²) in [7, 11) is 0. The van der Waals surface area contributed by atoms with Crippen LogP contribution in [0, 0.1) is 5.41 Å². The van der Waals surface area contributed by atoms with Crippen molar-refractivity contribution < 1.29 is 19.1 Å². The number of carbonyl (C=O) groups is 2. The minimum atomic E-state index is -1.44. The van der Waals surface area contributed by atoms with Crippen LogP contribution in [-0.4, -0.2) is 11.9 Å². The standard InChI is InChI=1S/C26H26O4/c1-2-3-19-26(20-21-13-7-4-8-14-21,24(27)29-22-15-9-5-10-16-22)25(28)30-23-17-11-6-12-18-23/h4-18H,2-3,19-20H2,1H3. The second-order valence-electron chi connectivity index (χ2n) is 7.25. The van der Waals surface area contributed by atoms with Gasteiger partial charge in [0.2, 0.25) is 0 Å². The molecular formula is C26H26O4. The lowest BCUT2D eigenvalue weighted by molar-refractivity contribution is -0.161. The Kier molecular flexibility index (Phi) is 7.39. The van der Waals surface area contributed by atoms with Gasteiger partial charge in [-0.2, -0.15) is 0 Å². The van der Waals surface area contributed by atoms with Crippen molar-refractivity contribution in [3.8, 4) is 11.5 Å². The van der Waals surface area contributed by atoms with Gasteiger partial charge in [-0.25, -0.2) is 0 Å². The zero-order valence-electron chi connectivity index (χ0n) is 17.1. The highest BCUT2D eigenvalue weighted by atomic mass is 16.6. The van der Waals surface area contributed by atoms with Crippen LogP contribution in [-0.2, 0) is 16.0 Å². The van der Waals surface area contributed by atoms with E-state index in [2.05, 4.69) is 0 Å². The summed E-state index contributed by atoms with van der Waals surface area (Å²) in [4.78, 5) is 26.9. The quantitative estimate of drug-likeness (QED) is 0.265. The molecule has 0 atom stereocenters. The monoisotopic (exact) mass is 402 g/mol. The molecule has 154 valence electrons. The molecule has 0 bridgehead atoms. The van der Waals surface area contributed by atoms with E-state index in [-0.39, 0.29) is 6.42 Å². The van der Waals surface area contributed by atoms with Gasteiger partial charge in [0.25, 0.3) is 0 Å². The van der Waals surface area contributed by atoms with E-state index in [1.165, 1.54) is 0 Å². The number of esters is 2. The minimum Gasteiger partial charge on any atom is -0.426 e. The van der Waals surface area contributed by atoms with E-state index < -0.39 is 17.4 Å². The summed E-state index contributed by atoms with van der Waals surface area (Å²) >= 11 is 0. The SMILES string of the molecule is CCCCC(Cc1ccccc1)(C(=O)Oc1ccccc1)C(=O)Oc1ccccc1. The molecule has 0 amide bonds. The Morgan fingerprint density at radius 2 is 1.13 bits per heavy atom. The molecule has 0 heterocycles. The Balaban J connectivity index is 1.98. The molecule has 0 saturated heterocycles. The summed E-state index contributed by atoms with van der Waals surface area (Å²) < 4.78 is 11.3. The Labute approximate surface area is 177 Å². The fourth-order valence-electron chi connectivity index (χ4n) is 3.33. The summed E-state index contributed by atoms with van der Waals surface area (Å²) in [6.07, 6.45) is 2.09. The summed E-state index contributed by atoms with van der Waals surface area (Å²) in [5.41, 5.74) is -0.563. The Bertz CT molecular complexity index is 883. The summed E-state index contributed by atoms with van der Waals surface area (Å²) in [6, 6.07) is 27.2. The molecule has 0 aromatic heterocycles. The van der Waals surface area contributed by atoms with E-state index in [1.807, 2.05) is 49.4 Å². The van der Waals surface area contributed by atoms with Gasteiger partial charge in [-0.1, -0.05) is 86.5 Å². The molecule has 3 rings (SSSR count). The lowest BCUT2D eigenvalue weighted by atomic mass is 9.77. The number of carbonyl (C=O) groups excluding carboxylic acids is 2. The van der Waals surface area contributed by atoms with Crippen molar-refractivity contribution in [2.75, 3.05) is 0 Å². The third kappa shape index (κ3) is 5.35. The second kappa shape index (κ2) is 10.4. The predicted octanol–water partition coefficient (Wildman–Crippen LogP) is 5.62. The van der Waals surface area contributed by atoms with Crippen LogP contribution in [0.1, 0.15) is 31.7 Å². The largest absolute Gasteiger partial charge is 0.426 e. The normalized spacial score (nSPS) is 11.0. The van der Waals surface area contributed by atoms with Gasteiger partial charge in [0.15, 0.2) is 5.41 Å². The van der Waals surface area contributed by atoms with Gasteiger partial charge in [-0.3, -0.25) is 9.59 Å². The molecule has 0 unspecified atom stereocenters. The molecule has 0 spiro atoms. The molecule has 0 aliphatic carbocycles. The predicted molar refractivity (Wildman–Crippen MR) is 116 cm³/mol. The van der Waals surface area contributed by atoms with Crippen LogP contribution in [0.5, 0.6) is 11.5 Å². The fraction of sp³-hybridized carbons (Fsp3) is 0.231. The molecular weight excluding hydrogens is 376 g/mol. The molecule has 4 heteroatoms. The van der Waals surface area contributed by atoms with E-state index in [0.717, 1.165) is 12.0 Å². The van der Waals surface area contributed by atoms with Crippen LogP contribution in [0.15, 0.2) is 91.0 Å². The smallest absolute Gasteiger partial charge is 0.329 e. The van der Waals surface area contributed by atoms with Gasteiger partial charge in [-0.15, -0.1) is 0 Å². The molecule has 0 radical (unpaired) electrons. The second-order valence-corrected chi connectivity index (χ2v) is 7.25. The van der Waals surface area contributed by atoms with Crippen molar-refractivity contribution in [3.05, 3.63) is 96.6 Å². The summed E-state index contributed by atoms with van der Waals surface area (Å²) in [6.45, 7) is 2.03. The first kappa shape index (κ1) is 21.3. The molecule has 30 heavy (non-hydrogen) atoms. The third-order valence-corrected chi connectivity index (χ3v) is 4.99. The molecule has 4 nitrogen and oxygen atoms in total. The minimum absolute atomic E-state index is 0.213. The number of hydrogen-bond donors (Lipinski definition) is 0. The zero-order chi connectivity index (χ0) is 21.2. The molecule has 0 N–H and O–H groups in total. The molecule has 0 aliphatic heterocycles. The van der Waals surface area contributed by atoms with Gasteiger partial charge in [0.1, 0.15) is 11.5 Å². The number of benzene rings is 3. The average Bonchev–Trinajstić information content (AvgIpc) is 2.78. The van der Waals surface area contributed by atoms with E-state index in [9.17, 15) is 9.59 Å². The fourth-order valence-corrected chi connectivity index (χ4v) is 3.33. The third-order valence-electron chi connectivity index (χ3n) is 4.99. The van der Waals surface area contributed by atoms with Gasteiger partial charge in [-0.05, 0) is 42.7 Å². The Hall–Kier alpha value is -3.40. The first-order chi connectivity index (χ1) is 14.6. The van der Waals surface area contributed by atoms with Crippen molar-refractivity contribution in [2.24, 2.45) is 5.41 Å². The van der Waals surface area contributed by atoms with E-state index >= 15 is 0 Å². The van der Waals surface area contributed by atoms with Crippen LogP contribution in [0.25, 0.3) is 0 Å². The number of hydrogen-bond acceptors (Lipinski definition) is 4. The van der Waals surface area contributed by atoms with Crippen LogP contribution in [0.2, 0.25) is 0 Å². The van der Waals surface area contributed by atoms with E-state index in [1.54, 1.807) is 48.5 Å². The average molecular weight is 402 g/mol. The van der Waals surface area contributed by atoms with Crippen LogP contribution >= 0.6 is 0 Å². The maximum absolute atomic E-state index is 13.5. The number of unbranched alkanes of at least 4 members (excludes halogenated alkanes) is 1. The van der Waals surface area contributed by atoms with Gasteiger partial charge in [0.05, 0.1) is 0 Å². The molecule has 0 saturated carbocycles. The van der Waals surface area contributed by atoms with Gasteiger partial charge < -0.3 is 9.47 Å². The molecule has 0 fully saturated rings. The van der Waals surface area contributed by atoms with Gasteiger partial charge >= 0.3 is 11.9 Å². The maximum atomic E-state index is 13.5. The van der Waals surface area contributed by atoms with Crippen LogP contribution in [0.4, 0.5) is 0 Å². The summed E-state index contributed by atoms with van der Waals surface area (Å²) in [5, 5.41) is 0. The number of ether oxygens (including phenoxy) is 2. The molecule has 0 aliphatic rings.